The van der Waals surface area contributed by atoms with Crippen molar-refractivity contribution in [1.29, 1.82) is 0 Å². The highest BCUT2D eigenvalue weighted by Gasteiger charge is 2.10. The van der Waals surface area contributed by atoms with Gasteiger partial charge in [-0.15, -0.1) is 0 Å². The van der Waals surface area contributed by atoms with Gasteiger partial charge in [-0.25, -0.2) is 4.98 Å². The van der Waals surface area contributed by atoms with Gasteiger partial charge in [0, 0.05) is 27.4 Å². The molecule has 0 aliphatic rings. The number of rotatable bonds is 3. The Morgan fingerprint density at radius 2 is 1.70 bits per heavy atom. The van der Waals surface area contributed by atoms with Crippen molar-refractivity contribution in [1.82, 2.24) is 4.98 Å². The van der Waals surface area contributed by atoms with E-state index in [-0.39, 0.29) is 0 Å². The molecular formula is C21H13Cl3N2O. The summed E-state index contributed by atoms with van der Waals surface area (Å²) in [5, 5.41) is 1.76. The van der Waals surface area contributed by atoms with Gasteiger partial charge in [-0.1, -0.05) is 46.9 Å². The standard InChI is InChI=1S/C21H13Cl3N2O/c1-12-2-3-13(21-26-19-10-16(23)6-7-20(19)27-21)8-18(12)25-11-14-4-5-15(22)9-17(14)24/h2-11H,1H3. The predicted molar refractivity (Wildman–Crippen MR) is 113 cm³/mol. The monoisotopic (exact) mass is 414 g/mol. The molecule has 0 atom stereocenters. The highest BCUT2D eigenvalue weighted by atomic mass is 35.5. The molecule has 0 bridgehead atoms. The summed E-state index contributed by atoms with van der Waals surface area (Å²) in [6.45, 7) is 1.99. The average molecular weight is 416 g/mol. The number of hydrogen-bond acceptors (Lipinski definition) is 3. The predicted octanol–water partition coefficient (Wildman–Crippen LogP) is 7.51. The molecule has 4 rings (SSSR count). The summed E-state index contributed by atoms with van der Waals surface area (Å²) in [6, 6.07) is 16.5. The van der Waals surface area contributed by atoms with Crippen LogP contribution in [-0.4, -0.2) is 11.2 Å². The molecule has 0 radical (unpaired) electrons. The third-order valence-corrected chi connectivity index (χ3v) is 4.91. The molecule has 0 spiro atoms. The van der Waals surface area contributed by atoms with Gasteiger partial charge in [0.1, 0.15) is 5.52 Å². The second-order valence-corrected chi connectivity index (χ2v) is 7.34. The van der Waals surface area contributed by atoms with Gasteiger partial charge in [0.2, 0.25) is 5.89 Å². The summed E-state index contributed by atoms with van der Waals surface area (Å²) < 4.78 is 5.84. The van der Waals surface area contributed by atoms with Crippen molar-refractivity contribution in [2.75, 3.05) is 0 Å². The van der Waals surface area contributed by atoms with E-state index in [4.69, 9.17) is 39.2 Å². The Bertz CT molecular complexity index is 1180. The summed E-state index contributed by atoms with van der Waals surface area (Å²) in [5.41, 5.74) is 4.87. The fourth-order valence-electron chi connectivity index (χ4n) is 2.65. The van der Waals surface area contributed by atoms with E-state index in [9.17, 15) is 0 Å². The molecule has 134 valence electrons. The topological polar surface area (TPSA) is 38.4 Å². The van der Waals surface area contributed by atoms with E-state index in [0.717, 1.165) is 27.9 Å². The molecule has 3 nitrogen and oxygen atoms in total. The van der Waals surface area contributed by atoms with Crippen LogP contribution in [0.2, 0.25) is 15.1 Å². The number of aromatic nitrogens is 1. The third kappa shape index (κ3) is 3.86. The van der Waals surface area contributed by atoms with Gasteiger partial charge in [0.05, 0.1) is 10.7 Å². The number of fused-ring (bicyclic) bond motifs is 1. The van der Waals surface area contributed by atoms with Gasteiger partial charge >= 0.3 is 0 Å². The van der Waals surface area contributed by atoms with Crippen LogP contribution in [0.3, 0.4) is 0 Å². The fraction of sp³-hybridized carbons (Fsp3) is 0.0476. The molecule has 27 heavy (non-hydrogen) atoms. The zero-order valence-electron chi connectivity index (χ0n) is 14.2. The van der Waals surface area contributed by atoms with Gasteiger partial charge in [0.15, 0.2) is 5.58 Å². The van der Waals surface area contributed by atoms with Gasteiger partial charge in [-0.2, -0.15) is 0 Å². The van der Waals surface area contributed by atoms with E-state index < -0.39 is 0 Å². The lowest BCUT2D eigenvalue weighted by Gasteiger charge is -2.03. The van der Waals surface area contributed by atoms with Crippen molar-refractivity contribution >= 4 is 57.8 Å². The Kier molecular flexibility index (Phi) is 4.92. The van der Waals surface area contributed by atoms with Gasteiger partial charge < -0.3 is 4.42 Å². The number of benzene rings is 3. The maximum absolute atomic E-state index is 6.21. The quantitative estimate of drug-likeness (QED) is 0.325. The zero-order valence-corrected chi connectivity index (χ0v) is 16.5. The molecule has 0 unspecified atom stereocenters. The third-order valence-electron chi connectivity index (χ3n) is 4.11. The smallest absolute Gasteiger partial charge is 0.227 e. The van der Waals surface area contributed by atoms with Crippen LogP contribution < -0.4 is 0 Å². The maximum Gasteiger partial charge on any atom is 0.227 e. The molecule has 0 saturated heterocycles. The van der Waals surface area contributed by atoms with Crippen LogP contribution in [0.25, 0.3) is 22.6 Å². The van der Waals surface area contributed by atoms with Crippen LogP contribution in [0.1, 0.15) is 11.1 Å². The van der Waals surface area contributed by atoms with Gasteiger partial charge in [-0.3, -0.25) is 4.99 Å². The summed E-state index contributed by atoms with van der Waals surface area (Å²) >= 11 is 18.2. The molecule has 0 aliphatic carbocycles. The zero-order chi connectivity index (χ0) is 19.0. The number of hydrogen-bond donors (Lipinski definition) is 0. The SMILES string of the molecule is Cc1ccc(-c2nc3cc(Cl)ccc3o2)cc1N=Cc1ccc(Cl)cc1Cl. The number of halogens is 3. The van der Waals surface area contributed by atoms with E-state index in [2.05, 4.69) is 9.98 Å². The van der Waals surface area contributed by atoms with Gasteiger partial charge in [0.25, 0.3) is 0 Å². The van der Waals surface area contributed by atoms with Crippen LogP contribution in [0.15, 0.2) is 64.0 Å². The number of aryl methyl sites for hydroxylation is 1. The first-order valence-corrected chi connectivity index (χ1v) is 9.29. The van der Waals surface area contributed by atoms with Crippen LogP contribution >= 0.6 is 34.8 Å². The number of aliphatic imine (C=N–C) groups is 1. The lowest BCUT2D eigenvalue weighted by Crippen LogP contribution is -1.84. The molecular weight excluding hydrogens is 403 g/mol. The van der Waals surface area contributed by atoms with Crippen LogP contribution in [0.4, 0.5) is 5.69 Å². The Morgan fingerprint density at radius 1 is 0.926 bits per heavy atom. The molecule has 0 amide bonds. The van der Waals surface area contributed by atoms with Crippen molar-refractivity contribution in [3.8, 4) is 11.5 Å². The minimum absolute atomic E-state index is 0.522. The first kappa shape index (κ1) is 18.1. The summed E-state index contributed by atoms with van der Waals surface area (Å²) in [6.07, 6.45) is 1.72. The van der Waals surface area contributed by atoms with Crippen LogP contribution in [-0.2, 0) is 0 Å². The molecule has 0 saturated carbocycles. The van der Waals surface area contributed by atoms with E-state index in [0.29, 0.717) is 26.5 Å². The minimum atomic E-state index is 0.522. The van der Waals surface area contributed by atoms with Gasteiger partial charge in [-0.05, 0) is 55.0 Å². The normalized spacial score (nSPS) is 11.6. The highest BCUT2D eigenvalue weighted by molar-refractivity contribution is 6.36. The van der Waals surface area contributed by atoms with E-state index >= 15 is 0 Å². The van der Waals surface area contributed by atoms with E-state index in [1.807, 2.05) is 37.3 Å². The van der Waals surface area contributed by atoms with Crippen LogP contribution in [0, 0.1) is 6.92 Å². The molecule has 1 aromatic heterocycles. The first-order valence-electron chi connectivity index (χ1n) is 8.16. The lowest BCUT2D eigenvalue weighted by atomic mass is 10.1. The van der Waals surface area contributed by atoms with Crippen molar-refractivity contribution in [3.05, 3.63) is 80.8 Å². The summed E-state index contributed by atoms with van der Waals surface area (Å²) in [4.78, 5) is 9.10. The maximum atomic E-state index is 6.21. The Hall–Kier alpha value is -2.33. The first-order chi connectivity index (χ1) is 13.0. The van der Waals surface area contributed by atoms with Crippen molar-refractivity contribution in [3.63, 3.8) is 0 Å². The number of nitrogens with zero attached hydrogens (tertiary/aromatic N) is 2. The summed E-state index contributed by atoms with van der Waals surface area (Å²) in [5.74, 6) is 0.522. The Morgan fingerprint density at radius 3 is 2.52 bits per heavy atom. The molecule has 4 aromatic rings. The minimum Gasteiger partial charge on any atom is -0.436 e. The van der Waals surface area contributed by atoms with E-state index in [1.54, 1.807) is 30.5 Å². The molecule has 1 heterocycles. The Balaban J connectivity index is 1.71. The molecule has 0 fully saturated rings. The van der Waals surface area contributed by atoms with Crippen LogP contribution in [0.5, 0.6) is 0 Å². The highest BCUT2D eigenvalue weighted by Crippen LogP contribution is 2.30. The molecule has 0 N–H and O–H groups in total. The largest absolute Gasteiger partial charge is 0.436 e. The van der Waals surface area contributed by atoms with Crippen molar-refractivity contribution in [2.45, 2.75) is 6.92 Å². The second-order valence-electron chi connectivity index (χ2n) is 6.06. The fourth-order valence-corrected chi connectivity index (χ4v) is 3.27. The van der Waals surface area contributed by atoms with Crippen molar-refractivity contribution < 1.29 is 4.42 Å². The molecule has 0 aliphatic heterocycles. The number of oxazole rings is 1. The Labute approximate surface area is 171 Å². The molecule has 6 heteroatoms. The molecule has 3 aromatic carbocycles. The van der Waals surface area contributed by atoms with Crippen molar-refractivity contribution in [2.24, 2.45) is 4.99 Å². The average Bonchev–Trinajstić information content (AvgIpc) is 3.05. The summed E-state index contributed by atoms with van der Waals surface area (Å²) in [7, 11) is 0. The van der Waals surface area contributed by atoms with E-state index in [1.165, 1.54) is 0 Å². The lowest BCUT2D eigenvalue weighted by molar-refractivity contribution is 0.620. The second kappa shape index (κ2) is 7.35.